The Morgan fingerprint density at radius 2 is 2.05 bits per heavy atom. The first kappa shape index (κ1) is 15.8. The average molecular weight is 313 g/mol. The van der Waals surface area contributed by atoms with Gasteiger partial charge in [0.1, 0.15) is 12.3 Å². The molecule has 2 heterocycles. The van der Waals surface area contributed by atoms with Crippen molar-refractivity contribution >= 4 is 21.2 Å². The van der Waals surface area contributed by atoms with E-state index in [9.17, 15) is 8.42 Å². The summed E-state index contributed by atoms with van der Waals surface area (Å²) in [5.41, 5.74) is 0.685. The molecule has 0 saturated carbocycles. The molecule has 0 bridgehead atoms. The maximum atomic E-state index is 11.9. The Morgan fingerprint density at radius 3 is 2.67 bits per heavy atom. The smallest absolute Gasteiger partial charge is 0.281 e. The molecule has 0 amide bonds. The van der Waals surface area contributed by atoms with E-state index in [-0.39, 0.29) is 6.61 Å². The van der Waals surface area contributed by atoms with Crippen molar-refractivity contribution in [2.75, 3.05) is 27.7 Å². The molecule has 0 unspecified atom stereocenters. The van der Waals surface area contributed by atoms with Crippen LogP contribution in [0.25, 0.3) is 11.0 Å². The predicted molar refractivity (Wildman–Crippen MR) is 78.7 cm³/mol. The van der Waals surface area contributed by atoms with Crippen LogP contribution >= 0.6 is 0 Å². The van der Waals surface area contributed by atoms with Crippen molar-refractivity contribution in [3.8, 4) is 0 Å². The fraction of sp³-hybridized carbons (Fsp3) is 0.500. The topological polar surface area (TPSA) is 91.6 Å². The molecule has 1 N–H and O–H groups in total. The van der Waals surface area contributed by atoms with Crippen LogP contribution in [0.5, 0.6) is 0 Å². The van der Waals surface area contributed by atoms with Gasteiger partial charge in [-0.1, -0.05) is 0 Å². The summed E-state index contributed by atoms with van der Waals surface area (Å²) in [6.07, 6.45) is 3.47. The van der Waals surface area contributed by atoms with Crippen LogP contribution in [-0.2, 0) is 23.4 Å². The van der Waals surface area contributed by atoms with Crippen molar-refractivity contribution in [2.45, 2.75) is 13.2 Å². The van der Waals surface area contributed by atoms with Crippen LogP contribution < -0.4 is 0 Å². The molecule has 2 rings (SSSR count). The van der Waals surface area contributed by atoms with Gasteiger partial charge in [-0.2, -0.15) is 17.0 Å². The number of nitrogens with zero attached hydrogens (tertiary/aromatic N) is 5. The molecular weight excluding hydrogens is 294 g/mol. The lowest BCUT2D eigenvalue weighted by molar-refractivity contribution is 0.271. The Hall–Kier alpha value is -1.55. The monoisotopic (exact) mass is 313 g/mol. The van der Waals surface area contributed by atoms with E-state index in [1.165, 1.54) is 29.8 Å². The van der Waals surface area contributed by atoms with Crippen LogP contribution in [-0.4, -0.2) is 64.4 Å². The van der Waals surface area contributed by atoms with Crippen LogP contribution in [0.4, 0.5) is 0 Å². The molecule has 0 aliphatic rings. The fourth-order valence-electron chi connectivity index (χ4n) is 1.91. The van der Waals surface area contributed by atoms with E-state index >= 15 is 0 Å². The minimum absolute atomic E-state index is 0.226. The fourth-order valence-corrected chi connectivity index (χ4v) is 2.78. The summed E-state index contributed by atoms with van der Waals surface area (Å²) in [7, 11) is 1.12. The first-order valence-electron chi connectivity index (χ1n) is 6.41. The van der Waals surface area contributed by atoms with Crippen molar-refractivity contribution in [2.24, 2.45) is 0 Å². The lowest BCUT2D eigenvalue weighted by atomic mass is 10.4. The number of likely N-dealkylation sites (N-methyl/N-ethyl adjacent to an activating group) is 1. The van der Waals surface area contributed by atoms with Gasteiger partial charge in [0.25, 0.3) is 10.2 Å². The number of hydrogen-bond donors (Lipinski definition) is 1. The number of aromatic nitrogens is 3. The summed E-state index contributed by atoms with van der Waals surface area (Å²) < 4.78 is 28.2. The molecule has 2 aromatic rings. The molecule has 0 atom stereocenters. The molecule has 0 fully saturated rings. The van der Waals surface area contributed by atoms with Gasteiger partial charge in [-0.3, -0.25) is 0 Å². The zero-order valence-corrected chi connectivity index (χ0v) is 13.1. The summed E-state index contributed by atoms with van der Waals surface area (Å²) in [5, 5.41) is 9.94. The Kier molecular flexibility index (Phi) is 4.57. The zero-order valence-electron chi connectivity index (χ0n) is 12.3. The third kappa shape index (κ3) is 3.21. The van der Waals surface area contributed by atoms with Crippen LogP contribution in [0, 0.1) is 0 Å². The summed E-state index contributed by atoms with van der Waals surface area (Å²) in [5.74, 6) is 0.344. The molecule has 0 aliphatic carbocycles. The lowest BCUT2D eigenvalue weighted by Gasteiger charge is -2.21. The number of fused-ring (bicyclic) bond motifs is 1. The SMILES string of the molecule is CN(C)S(=O)(=O)N(C)CCn1ccc2cnc(CO)nc21. The highest BCUT2D eigenvalue weighted by atomic mass is 32.2. The van der Waals surface area contributed by atoms with Gasteiger partial charge in [-0.25, -0.2) is 9.97 Å². The summed E-state index contributed by atoms with van der Waals surface area (Å²) in [4.78, 5) is 8.26. The summed E-state index contributed by atoms with van der Waals surface area (Å²) in [6.45, 7) is 0.563. The van der Waals surface area contributed by atoms with Gasteiger partial charge in [0.2, 0.25) is 0 Å². The van der Waals surface area contributed by atoms with Crippen molar-refractivity contribution in [3.05, 3.63) is 24.3 Å². The predicted octanol–water partition coefficient (Wildman–Crippen LogP) is -0.338. The Balaban J connectivity index is 2.17. The van der Waals surface area contributed by atoms with Gasteiger partial charge in [0, 0.05) is 52.0 Å². The van der Waals surface area contributed by atoms with Gasteiger partial charge in [-0.15, -0.1) is 0 Å². The van der Waals surface area contributed by atoms with Crippen LogP contribution in [0.3, 0.4) is 0 Å². The third-order valence-electron chi connectivity index (χ3n) is 3.20. The van der Waals surface area contributed by atoms with Crippen LogP contribution in [0.15, 0.2) is 18.5 Å². The highest BCUT2D eigenvalue weighted by Gasteiger charge is 2.20. The number of hydrogen-bond acceptors (Lipinski definition) is 5. The maximum Gasteiger partial charge on any atom is 0.281 e. The van der Waals surface area contributed by atoms with Gasteiger partial charge >= 0.3 is 0 Å². The van der Waals surface area contributed by atoms with Crippen molar-refractivity contribution in [1.82, 2.24) is 23.1 Å². The molecule has 0 spiro atoms. The van der Waals surface area contributed by atoms with Crippen LogP contribution in [0.1, 0.15) is 5.82 Å². The first-order chi connectivity index (χ1) is 9.86. The van der Waals surface area contributed by atoms with Crippen molar-refractivity contribution in [3.63, 3.8) is 0 Å². The summed E-state index contributed by atoms with van der Waals surface area (Å²) >= 11 is 0. The van der Waals surface area contributed by atoms with Crippen molar-refractivity contribution in [1.29, 1.82) is 0 Å². The quantitative estimate of drug-likeness (QED) is 0.788. The maximum absolute atomic E-state index is 11.9. The van der Waals surface area contributed by atoms with Gasteiger partial charge < -0.3 is 9.67 Å². The van der Waals surface area contributed by atoms with Gasteiger partial charge in [0.15, 0.2) is 5.82 Å². The van der Waals surface area contributed by atoms with Crippen molar-refractivity contribution < 1.29 is 13.5 Å². The molecule has 2 aromatic heterocycles. The lowest BCUT2D eigenvalue weighted by Crippen LogP contribution is -2.38. The average Bonchev–Trinajstić information content (AvgIpc) is 2.86. The van der Waals surface area contributed by atoms with E-state index in [0.717, 1.165) is 5.39 Å². The minimum Gasteiger partial charge on any atom is -0.388 e. The van der Waals surface area contributed by atoms with Gasteiger partial charge in [-0.05, 0) is 6.07 Å². The molecule has 0 aliphatic heterocycles. The zero-order chi connectivity index (χ0) is 15.6. The number of aliphatic hydroxyl groups is 1. The van der Waals surface area contributed by atoms with Crippen LogP contribution in [0.2, 0.25) is 0 Å². The molecule has 0 saturated heterocycles. The highest BCUT2D eigenvalue weighted by molar-refractivity contribution is 7.86. The number of rotatable bonds is 6. The van der Waals surface area contributed by atoms with E-state index in [0.29, 0.717) is 24.6 Å². The molecule has 9 heteroatoms. The van der Waals surface area contributed by atoms with E-state index in [1.807, 2.05) is 16.8 Å². The second-order valence-corrected chi connectivity index (χ2v) is 7.09. The van der Waals surface area contributed by atoms with E-state index in [2.05, 4.69) is 9.97 Å². The molecule has 8 nitrogen and oxygen atoms in total. The van der Waals surface area contributed by atoms with Gasteiger partial charge in [0.05, 0.1) is 0 Å². The van der Waals surface area contributed by atoms with E-state index in [1.54, 1.807) is 6.20 Å². The Bertz CT molecular complexity index is 726. The Labute approximate surface area is 123 Å². The molecule has 116 valence electrons. The van der Waals surface area contributed by atoms with E-state index in [4.69, 9.17) is 5.11 Å². The normalized spacial score (nSPS) is 12.7. The third-order valence-corrected chi connectivity index (χ3v) is 5.10. The molecule has 21 heavy (non-hydrogen) atoms. The highest BCUT2D eigenvalue weighted by Crippen LogP contribution is 2.13. The molecule has 0 radical (unpaired) electrons. The Morgan fingerprint density at radius 1 is 1.33 bits per heavy atom. The summed E-state index contributed by atoms with van der Waals surface area (Å²) in [6, 6.07) is 1.86. The molecular formula is C12H19N5O3S. The molecule has 0 aromatic carbocycles. The standard InChI is InChI=1S/C12H19N5O3S/c1-15(2)21(19,20)16(3)6-7-17-5-4-10-8-13-11(9-18)14-12(10)17/h4-5,8,18H,6-7,9H2,1-3H3. The van der Waals surface area contributed by atoms with E-state index < -0.39 is 10.2 Å². The number of aliphatic hydroxyl groups excluding tert-OH is 1. The minimum atomic E-state index is -3.42. The largest absolute Gasteiger partial charge is 0.388 e. The first-order valence-corrected chi connectivity index (χ1v) is 7.81. The second kappa shape index (κ2) is 6.06. The second-order valence-electron chi connectivity index (χ2n) is 4.84.